The number of H-pyrrole nitrogens is 1. The van der Waals surface area contributed by atoms with Crippen LogP contribution in [0.1, 0.15) is 24.8 Å². The first-order chi connectivity index (χ1) is 11.6. The fraction of sp³-hybridized carbons (Fsp3) is 0.250. The van der Waals surface area contributed by atoms with Crippen LogP contribution in [0, 0.1) is 0 Å². The zero-order valence-corrected chi connectivity index (χ0v) is 13.8. The van der Waals surface area contributed by atoms with Crippen LogP contribution < -0.4 is 16.2 Å². The molecule has 124 valence electrons. The Morgan fingerprint density at radius 1 is 1.33 bits per heavy atom. The molecule has 1 aromatic heterocycles. The summed E-state index contributed by atoms with van der Waals surface area (Å²) in [5.41, 5.74) is 0.408. The molecule has 3 rings (SSSR count). The molecule has 1 aliphatic heterocycles. The van der Waals surface area contributed by atoms with E-state index < -0.39 is 17.4 Å². The maximum Gasteiger partial charge on any atom is 0.257 e. The molecule has 0 saturated heterocycles. The minimum Gasteiger partial charge on any atom is -0.326 e. The van der Waals surface area contributed by atoms with E-state index in [0.717, 1.165) is 5.75 Å². The molecular formula is C16H16N4O3S. The largest absolute Gasteiger partial charge is 0.326 e. The number of benzene rings is 1. The molecule has 8 heteroatoms. The molecule has 3 N–H and O–H groups in total. The molecule has 0 saturated carbocycles. The lowest BCUT2D eigenvalue weighted by molar-refractivity contribution is -0.123. The zero-order chi connectivity index (χ0) is 17.1. The van der Waals surface area contributed by atoms with Crippen molar-refractivity contribution in [3.05, 3.63) is 46.2 Å². The van der Waals surface area contributed by atoms with Crippen molar-refractivity contribution in [2.24, 2.45) is 0 Å². The number of hydrogen-bond donors (Lipinski definition) is 3. The van der Waals surface area contributed by atoms with E-state index in [1.54, 1.807) is 24.3 Å². The first-order valence-electron chi connectivity index (χ1n) is 7.51. The molecular weight excluding hydrogens is 328 g/mol. The average Bonchev–Trinajstić information content (AvgIpc) is 2.55. The van der Waals surface area contributed by atoms with Gasteiger partial charge in [-0.15, -0.1) is 0 Å². The van der Waals surface area contributed by atoms with E-state index in [9.17, 15) is 14.4 Å². The van der Waals surface area contributed by atoms with Gasteiger partial charge in [0.05, 0.1) is 11.5 Å². The molecule has 0 unspecified atom stereocenters. The third kappa shape index (κ3) is 3.33. The molecule has 1 aliphatic rings. The number of fused-ring (bicyclic) bond motifs is 1. The summed E-state index contributed by atoms with van der Waals surface area (Å²) in [7, 11) is 0. The number of aromatic amines is 1. The van der Waals surface area contributed by atoms with Crippen LogP contribution in [0.3, 0.4) is 0 Å². The molecule has 1 aromatic carbocycles. The monoisotopic (exact) mass is 344 g/mol. The summed E-state index contributed by atoms with van der Waals surface area (Å²) in [6.45, 7) is 1.93. The number of aromatic nitrogens is 2. The summed E-state index contributed by atoms with van der Waals surface area (Å²) in [4.78, 5) is 43.8. The summed E-state index contributed by atoms with van der Waals surface area (Å²) in [5, 5.41) is 5.74. The quantitative estimate of drug-likeness (QED) is 0.581. The molecule has 0 bridgehead atoms. The highest BCUT2D eigenvalue weighted by Gasteiger charge is 2.34. The predicted octanol–water partition coefficient (Wildman–Crippen LogP) is 1.95. The van der Waals surface area contributed by atoms with Crippen LogP contribution in [-0.4, -0.2) is 27.5 Å². The van der Waals surface area contributed by atoms with Crippen LogP contribution in [-0.2, 0) is 9.59 Å². The summed E-state index contributed by atoms with van der Waals surface area (Å²) in [6.07, 6.45) is -0.0866. The highest BCUT2D eigenvalue weighted by Crippen LogP contribution is 2.30. The van der Waals surface area contributed by atoms with Crippen LogP contribution >= 0.6 is 11.8 Å². The Morgan fingerprint density at radius 2 is 2.08 bits per heavy atom. The van der Waals surface area contributed by atoms with Gasteiger partial charge >= 0.3 is 0 Å². The second-order valence-corrected chi connectivity index (χ2v) is 6.48. The summed E-state index contributed by atoms with van der Waals surface area (Å²) >= 11 is 1.36. The van der Waals surface area contributed by atoms with Crippen LogP contribution in [0.15, 0.2) is 40.3 Å². The number of anilines is 2. The Morgan fingerprint density at radius 3 is 2.79 bits per heavy atom. The van der Waals surface area contributed by atoms with Gasteiger partial charge < -0.3 is 15.6 Å². The van der Waals surface area contributed by atoms with Gasteiger partial charge in [-0.1, -0.05) is 36.9 Å². The van der Waals surface area contributed by atoms with Gasteiger partial charge in [0.1, 0.15) is 5.82 Å². The molecule has 0 fully saturated rings. The van der Waals surface area contributed by atoms with Crippen molar-refractivity contribution >= 4 is 35.1 Å². The first kappa shape index (κ1) is 16.3. The minimum absolute atomic E-state index is 0.0866. The van der Waals surface area contributed by atoms with Crippen molar-refractivity contribution in [2.75, 3.05) is 16.4 Å². The maximum absolute atomic E-state index is 12.6. The van der Waals surface area contributed by atoms with E-state index in [0.29, 0.717) is 10.8 Å². The van der Waals surface area contributed by atoms with Gasteiger partial charge in [-0.2, -0.15) is 0 Å². The second kappa shape index (κ2) is 6.88. The van der Waals surface area contributed by atoms with Crippen molar-refractivity contribution in [3.8, 4) is 0 Å². The normalized spacial score (nSPS) is 16.2. The lowest BCUT2D eigenvalue weighted by atomic mass is 9.92. The minimum atomic E-state index is -0.870. The lowest BCUT2D eigenvalue weighted by Crippen LogP contribution is -2.36. The number of nitrogens with one attached hydrogen (secondary N) is 3. The number of para-hydroxylation sites is 1. The summed E-state index contributed by atoms with van der Waals surface area (Å²) in [5.74, 6) is -0.708. The van der Waals surface area contributed by atoms with Gasteiger partial charge in [0.2, 0.25) is 11.8 Å². The Bertz CT molecular complexity index is 835. The Labute approximate surface area is 142 Å². The Hall–Kier alpha value is -2.61. The highest BCUT2D eigenvalue weighted by molar-refractivity contribution is 7.99. The number of carbonyl (C=O) groups excluding carboxylic acids is 2. The van der Waals surface area contributed by atoms with Crippen LogP contribution in [0.2, 0.25) is 0 Å². The highest BCUT2D eigenvalue weighted by atomic mass is 32.2. The van der Waals surface area contributed by atoms with Gasteiger partial charge in [0.25, 0.3) is 5.56 Å². The van der Waals surface area contributed by atoms with Gasteiger partial charge in [-0.3, -0.25) is 14.4 Å². The standard InChI is InChI=1S/C16H16N4O3S/c1-2-24-16-19-13-12(15(23)20-16)10(8-11(21)18-13)14(22)17-9-6-4-3-5-7-9/h3-7,10H,2,8H2,1H3,(H,17,22)(H2,18,19,20,21,23)/t10-/m1/s1. The van der Waals surface area contributed by atoms with Gasteiger partial charge in [-0.25, -0.2) is 4.98 Å². The zero-order valence-electron chi connectivity index (χ0n) is 13.0. The van der Waals surface area contributed by atoms with Crippen molar-refractivity contribution in [1.29, 1.82) is 0 Å². The summed E-state index contributed by atoms with van der Waals surface area (Å²) < 4.78 is 0. The van der Waals surface area contributed by atoms with Crippen LogP contribution in [0.25, 0.3) is 0 Å². The summed E-state index contributed by atoms with van der Waals surface area (Å²) in [6, 6.07) is 8.90. The fourth-order valence-electron chi connectivity index (χ4n) is 2.53. The number of nitrogens with zero attached hydrogens (tertiary/aromatic N) is 1. The SMILES string of the molecule is CCSc1nc2c(c(=O)[nH]1)[C@H](C(=O)Nc1ccccc1)CC(=O)N2. The topological polar surface area (TPSA) is 104 Å². The van der Waals surface area contributed by atoms with E-state index in [1.165, 1.54) is 11.8 Å². The molecule has 2 amide bonds. The Kier molecular flexibility index (Phi) is 4.66. The molecule has 7 nitrogen and oxygen atoms in total. The number of carbonyl (C=O) groups is 2. The lowest BCUT2D eigenvalue weighted by Gasteiger charge is -2.23. The smallest absolute Gasteiger partial charge is 0.257 e. The third-order valence-corrected chi connectivity index (χ3v) is 4.32. The van der Waals surface area contributed by atoms with E-state index in [-0.39, 0.29) is 23.7 Å². The molecule has 1 atom stereocenters. The number of thioether (sulfide) groups is 1. The molecule has 0 spiro atoms. The number of rotatable bonds is 4. The van der Waals surface area contributed by atoms with E-state index in [4.69, 9.17) is 0 Å². The van der Waals surface area contributed by atoms with E-state index in [2.05, 4.69) is 20.6 Å². The molecule has 0 aliphatic carbocycles. The molecule has 2 aromatic rings. The average molecular weight is 344 g/mol. The van der Waals surface area contributed by atoms with Gasteiger partial charge in [-0.05, 0) is 17.9 Å². The van der Waals surface area contributed by atoms with Crippen LogP contribution in [0.5, 0.6) is 0 Å². The molecule has 0 radical (unpaired) electrons. The van der Waals surface area contributed by atoms with Crippen molar-refractivity contribution in [3.63, 3.8) is 0 Å². The van der Waals surface area contributed by atoms with Crippen molar-refractivity contribution < 1.29 is 9.59 Å². The van der Waals surface area contributed by atoms with Gasteiger partial charge in [0.15, 0.2) is 5.16 Å². The third-order valence-electron chi connectivity index (χ3n) is 3.57. The first-order valence-corrected chi connectivity index (χ1v) is 8.49. The van der Waals surface area contributed by atoms with Crippen molar-refractivity contribution in [2.45, 2.75) is 24.4 Å². The number of amides is 2. The maximum atomic E-state index is 12.6. The van der Waals surface area contributed by atoms with Crippen LogP contribution in [0.4, 0.5) is 11.5 Å². The predicted molar refractivity (Wildman–Crippen MR) is 92.3 cm³/mol. The Balaban J connectivity index is 1.95. The fourth-order valence-corrected chi connectivity index (χ4v) is 3.12. The van der Waals surface area contributed by atoms with E-state index >= 15 is 0 Å². The van der Waals surface area contributed by atoms with Crippen molar-refractivity contribution in [1.82, 2.24) is 9.97 Å². The van der Waals surface area contributed by atoms with Gasteiger partial charge in [0, 0.05) is 12.1 Å². The molecule has 24 heavy (non-hydrogen) atoms. The number of hydrogen-bond acceptors (Lipinski definition) is 5. The van der Waals surface area contributed by atoms with E-state index in [1.807, 2.05) is 13.0 Å². The second-order valence-electron chi connectivity index (χ2n) is 5.23. The molecule has 2 heterocycles.